The van der Waals surface area contributed by atoms with Gasteiger partial charge in [0.25, 0.3) is 0 Å². The fourth-order valence-electron chi connectivity index (χ4n) is 6.47. The van der Waals surface area contributed by atoms with E-state index in [-0.39, 0.29) is 33.0 Å². The lowest BCUT2D eigenvalue weighted by Gasteiger charge is -2.39. The van der Waals surface area contributed by atoms with Crippen LogP contribution in [0.2, 0.25) is 0 Å². The number of ether oxygens (including phenoxy) is 1. The van der Waals surface area contributed by atoms with Crippen LogP contribution in [0.4, 0.5) is 0 Å². The highest BCUT2D eigenvalue weighted by molar-refractivity contribution is 14.2. The Balaban J connectivity index is 1.65. The highest BCUT2D eigenvalue weighted by Gasteiger charge is 2.86. The van der Waals surface area contributed by atoms with Gasteiger partial charge in [-0.05, 0) is 44.4 Å². The Bertz CT molecular complexity index is 693. The van der Waals surface area contributed by atoms with Gasteiger partial charge in [-0.2, -0.15) is 0 Å². The minimum absolute atomic E-state index is 0.0134. The Kier molecular flexibility index (Phi) is 3.53. The number of alkyl halides is 4. The molecule has 24 heavy (non-hydrogen) atoms. The smallest absolute Gasteiger partial charge is 0.315 e. The quantitative estimate of drug-likeness (QED) is 0.133. The second-order valence-electron chi connectivity index (χ2n) is 8.90. The van der Waals surface area contributed by atoms with Crippen LogP contribution in [-0.4, -0.2) is 16.7 Å². The molecule has 2 spiro atoms. The van der Waals surface area contributed by atoms with E-state index in [0.29, 0.717) is 11.8 Å². The predicted molar refractivity (Wildman–Crippen MR) is 118 cm³/mol. The van der Waals surface area contributed by atoms with E-state index in [1.165, 1.54) is 18.4 Å². The van der Waals surface area contributed by atoms with Gasteiger partial charge in [0.05, 0.1) is 4.66 Å². The molecule has 5 fully saturated rings. The molecule has 0 amide bonds. The number of carbonyl (C=O) groups excluding carboxylic acids is 1. The zero-order valence-electron chi connectivity index (χ0n) is 13.5. The molecule has 0 unspecified atom stereocenters. The molecular formula is C18H20Br2I2O2. The molecule has 132 valence electrons. The van der Waals surface area contributed by atoms with E-state index in [9.17, 15) is 4.79 Å². The molecule has 1 saturated heterocycles. The Hall–Kier alpha value is 1.63. The first-order chi connectivity index (χ1) is 11.0. The van der Waals surface area contributed by atoms with Gasteiger partial charge in [0, 0.05) is 16.7 Å². The van der Waals surface area contributed by atoms with Crippen molar-refractivity contribution in [3.05, 3.63) is 12.2 Å². The lowest BCUT2D eigenvalue weighted by atomic mass is 9.65. The zero-order chi connectivity index (χ0) is 17.3. The van der Waals surface area contributed by atoms with Crippen molar-refractivity contribution < 1.29 is 9.53 Å². The molecule has 0 radical (unpaired) electrons. The summed E-state index contributed by atoms with van der Waals surface area (Å²) in [5, 5.41) is 0. The average molecular weight is 682 g/mol. The SMILES string of the molecule is C=C1CC[C@]2(C)[C@H](OC(=O)[C@]23CC3(I)I)[C@@H]2[C@H]1CC[C@]21CC1(Br)Br. The van der Waals surface area contributed by atoms with E-state index in [0.717, 1.165) is 25.7 Å². The molecule has 5 rings (SSSR count). The summed E-state index contributed by atoms with van der Waals surface area (Å²) in [5.74, 6) is 0.986. The Morgan fingerprint density at radius 1 is 1.25 bits per heavy atom. The predicted octanol–water partition coefficient (Wildman–Crippen LogP) is 6.13. The molecule has 6 atom stereocenters. The van der Waals surface area contributed by atoms with Crippen molar-refractivity contribution >= 4 is 83.0 Å². The Morgan fingerprint density at radius 3 is 2.42 bits per heavy atom. The van der Waals surface area contributed by atoms with Gasteiger partial charge in [-0.1, -0.05) is 96.1 Å². The van der Waals surface area contributed by atoms with E-state index in [4.69, 9.17) is 4.74 Å². The molecule has 4 aliphatic carbocycles. The number of hydrogen-bond acceptors (Lipinski definition) is 2. The largest absolute Gasteiger partial charge is 0.461 e. The molecule has 0 aromatic heterocycles. The molecule has 0 aromatic rings. The van der Waals surface area contributed by atoms with Crippen LogP contribution in [0.25, 0.3) is 0 Å². The molecular weight excluding hydrogens is 662 g/mol. The summed E-state index contributed by atoms with van der Waals surface area (Å²) < 4.78 is 6.30. The molecule has 1 heterocycles. The topological polar surface area (TPSA) is 26.3 Å². The normalized spacial score (nSPS) is 56.0. The van der Waals surface area contributed by atoms with Crippen molar-refractivity contribution in [2.75, 3.05) is 0 Å². The van der Waals surface area contributed by atoms with Gasteiger partial charge in [0.15, 0.2) is 0 Å². The number of fused-ring (bicyclic) bond motifs is 5. The van der Waals surface area contributed by atoms with Crippen molar-refractivity contribution in [2.45, 2.75) is 56.2 Å². The number of hydrogen-bond donors (Lipinski definition) is 0. The van der Waals surface area contributed by atoms with Crippen LogP contribution < -0.4 is 0 Å². The van der Waals surface area contributed by atoms with Crippen molar-refractivity contribution in [2.24, 2.45) is 28.1 Å². The summed E-state index contributed by atoms with van der Waals surface area (Å²) in [6, 6.07) is 0. The monoisotopic (exact) mass is 680 g/mol. The van der Waals surface area contributed by atoms with Crippen LogP contribution in [0.5, 0.6) is 0 Å². The van der Waals surface area contributed by atoms with Crippen LogP contribution in [0, 0.1) is 28.1 Å². The first-order valence-corrected chi connectivity index (χ1v) is 12.4. The van der Waals surface area contributed by atoms with Crippen LogP contribution in [-0.2, 0) is 9.53 Å². The third-order valence-electron chi connectivity index (χ3n) is 8.10. The van der Waals surface area contributed by atoms with Gasteiger partial charge in [0.2, 0.25) is 0 Å². The standard InChI is InChI=1S/C18H20Br2I2O2/c1-9-3-5-14(2)12(24-13(23)16(14)8-18(16,21)22)11-10(9)4-6-15(11)7-17(15,19)20/h10-12H,1,3-8H2,2H3/t10-,11-,12+,14+,15-,16+/m0/s1. The zero-order valence-corrected chi connectivity index (χ0v) is 21.0. The summed E-state index contributed by atoms with van der Waals surface area (Å²) in [6.45, 7) is 6.81. The van der Waals surface area contributed by atoms with E-state index in [1.54, 1.807) is 0 Å². The first kappa shape index (κ1) is 17.7. The molecule has 2 nitrogen and oxygen atoms in total. The Labute approximate surface area is 187 Å². The fourth-order valence-corrected chi connectivity index (χ4v) is 11.2. The molecule has 4 saturated carbocycles. The summed E-state index contributed by atoms with van der Waals surface area (Å²) >= 11 is 12.8. The van der Waals surface area contributed by atoms with Gasteiger partial charge in [-0.25, -0.2) is 0 Å². The van der Waals surface area contributed by atoms with E-state index < -0.39 is 0 Å². The van der Waals surface area contributed by atoms with E-state index in [2.05, 4.69) is 90.5 Å². The van der Waals surface area contributed by atoms with Gasteiger partial charge in [-0.3, -0.25) is 4.79 Å². The summed E-state index contributed by atoms with van der Waals surface area (Å²) in [7, 11) is 0. The number of halogens is 4. The minimum atomic E-state index is -0.291. The van der Waals surface area contributed by atoms with Gasteiger partial charge in [-0.15, -0.1) is 0 Å². The fraction of sp³-hybridized carbons (Fsp3) is 0.833. The summed E-state index contributed by atoms with van der Waals surface area (Å²) in [4.78, 5) is 13.0. The highest BCUT2D eigenvalue weighted by atomic mass is 127. The maximum absolute atomic E-state index is 13.0. The number of rotatable bonds is 0. The average Bonchev–Trinajstić information content (AvgIpc) is 3.14. The lowest BCUT2D eigenvalue weighted by Crippen LogP contribution is -2.44. The number of carbonyl (C=O) groups is 1. The molecule has 0 N–H and O–H groups in total. The van der Waals surface area contributed by atoms with Crippen LogP contribution in [0.1, 0.15) is 45.4 Å². The Morgan fingerprint density at radius 2 is 1.88 bits per heavy atom. The van der Waals surface area contributed by atoms with Gasteiger partial charge in [0.1, 0.15) is 11.5 Å². The minimum Gasteiger partial charge on any atom is -0.461 e. The van der Waals surface area contributed by atoms with Crippen LogP contribution >= 0.6 is 77.0 Å². The molecule has 0 aromatic carbocycles. The third kappa shape index (κ3) is 1.77. The summed E-state index contributed by atoms with van der Waals surface area (Å²) in [6.07, 6.45) is 6.61. The van der Waals surface area contributed by atoms with Crippen LogP contribution in [0.15, 0.2) is 12.2 Å². The second-order valence-corrected chi connectivity index (χ2v) is 18.4. The van der Waals surface area contributed by atoms with Gasteiger partial charge >= 0.3 is 5.97 Å². The first-order valence-electron chi connectivity index (χ1n) is 8.67. The van der Waals surface area contributed by atoms with Gasteiger partial charge < -0.3 is 4.74 Å². The second kappa shape index (κ2) is 4.78. The highest BCUT2D eigenvalue weighted by Crippen LogP contribution is 2.84. The van der Waals surface area contributed by atoms with Crippen molar-refractivity contribution in [1.82, 2.24) is 0 Å². The van der Waals surface area contributed by atoms with Crippen molar-refractivity contribution in [3.8, 4) is 0 Å². The molecule has 0 bridgehead atoms. The molecule has 6 heteroatoms. The van der Waals surface area contributed by atoms with E-state index in [1.807, 2.05) is 0 Å². The molecule has 1 aliphatic heterocycles. The van der Waals surface area contributed by atoms with E-state index >= 15 is 0 Å². The van der Waals surface area contributed by atoms with Crippen LogP contribution in [0.3, 0.4) is 0 Å². The number of allylic oxidation sites excluding steroid dienone is 1. The maximum atomic E-state index is 13.0. The van der Waals surface area contributed by atoms with Crippen molar-refractivity contribution in [1.29, 1.82) is 0 Å². The number of esters is 1. The lowest BCUT2D eigenvalue weighted by molar-refractivity contribution is -0.148. The molecule has 5 aliphatic rings. The maximum Gasteiger partial charge on any atom is 0.315 e. The third-order valence-corrected chi connectivity index (χ3v) is 12.8. The summed E-state index contributed by atoms with van der Waals surface area (Å²) in [5.41, 5.74) is 1.26. The van der Waals surface area contributed by atoms with Crippen molar-refractivity contribution in [3.63, 3.8) is 0 Å².